The van der Waals surface area contributed by atoms with E-state index in [0.29, 0.717) is 12.6 Å². The third-order valence-corrected chi connectivity index (χ3v) is 6.95. The number of methoxy groups -OCH3 is 1. The lowest BCUT2D eigenvalue weighted by Crippen LogP contribution is -2.51. The largest absolute Gasteiger partial charge is 0.497 e. The predicted molar refractivity (Wildman–Crippen MR) is 121 cm³/mol. The molecule has 3 heterocycles. The summed E-state index contributed by atoms with van der Waals surface area (Å²) in [5, 5.41) is 7.16. The van der Waals surface area contributed by atoms with E-state index in [1.807, 2.05) is 36.0 Å². The first-order valence-corrected chi connectivity index (χ1v) is 11.8. The van der Waals surface area contributed by atoms with Crippen LogP contribution >= 0.6 is 11.8 Å². The van der Waals surface area contributed by atoms with Crippen LogP contribution in [0.5, 0.6) is 5.75 Å². The van der Waals surface area contributed by atoms with Crippen LogP contribution in [0.2, 0.25) is 0 Å². The molecule has 2 aliphatic rings. The molecule has 2 atom stereocenters. The van der Waals surface area contributed by atoms with Crippen molar-refractivity contribution < 1.29 is 13.9 Å². The number of rotatable bonds is 7. The first-order chi connectivity index (χ1) is 14.7. The number of guanidine groups is 1. The predicted octanol–water partition coefficient (Wildman–Crippen LogP) is 3.62. The van der Waals surface area contributed by atoms with Gasteiger partial charge < -0.3 is 24.5 Å². The Morgan fingerprint density at radius 3 is 2.93 bits per heavy atom. The second kappa shape index (κ2) is 10.3. The van der Waals surface area contributed by atoms with E-state index < -0.39 is 0 Å². The molecule has 2 unspecified atom stereocenters. The van der Waals surface area contributed by atoms with Gasteiger partial charge in [0.1, 0.15) is 11.5 Å². The van der Waals surface area contributed by atoms with Crippen molar-refractivity contribution >= 4 is 17.7 Å². The third kappa shape index (κ3) is 5.73. The molecule has 4 rings (SSSR count). The monoisotopic (exact) mass is 429 g/mol. The summed E-state index contributed by atoms with van der Waals surface area (Å²) in [6.45, 7) is 2.20. The number of nitrogens with zero attached hydrogens (tertiary/aromatic N) is 1. The van der Waals surface area contributed by atoms with Crippen LogP contribution in [0.15, 0.2) is 52.1 Å². The van der Waals surface area contributed by atoms with E-state index in [9.17, 15) is 0 Å². The molecule has 2 aromatic rings. The van der Waals surface area contributed by atoms with Gasteiger partial charge in [0, 0.05) is 31.4 Å². The number of benzene rings is 1. The van der Waals surface area contributed by atoms with E-state index in [1.54, 1.807) is 13.4 Å². The zero-order valence-electron chi connectivity index (χ0n) is 17.6. The Morgan fingerprint density at radius 1 is 1.30 bits per heavy atom. The Hall–Kier alpha value is -2.12. The van der Waals surface area contributed by atoms with Gasteiger partial charge in [-0.1, -0.05) is 12.1 Å². The molecule has 1 spiro atoms. The highest BCUT2D eigenvalue weighted by Crippen LogP contribution is 2.38. The first-order valence-electron chi connectivity index (χ1n) is 10.7. The van der Waals surface area contributed by atoms with Crippen molar-refractivity contribution in [3.63, 3.8) is 0 Å². The molecule has 0 radical (unpaired) electrons. The van der Waals surface area contributed by atoms with Gasteiger partial charge in [-0.05, 0) is 54.8 Å². The lowest BCUT2D eigenvalue weighted by molar-refractivity contribution is -0.0679. The van der Waals surface area contributed by atoms with Crippen LogP contribution < -0.4 is 15.4 Å². The molecule has 2 saturated heterocycles. The van der Waals surface area contributed by atoms with Crippen LogP contribution in [0, 0.1) is 0 Å². The third-order valence-electron chi connectivity index (χ3n) is 5.72. The highest BCUT2D eigenvalue weighted by Gasteiger charge is 2.40. The zero-order chi connectivity index (χ0) is 20.7. The number of hydrogen-bond acceptors (Lipinski definition) is 5. The Morgan fingerprint density at radius 2 is 2.20 bits per heavy atom. The van der Waals surface area contributed by atoms with Crippen LogP contribution in [-0.2, 0) is 17.7 Å². The molecule has 7 heteroatoms. The summed E-state index contributed by atoms with van der Waals surface area (Å²) in [5.74, 6) is 5.00. The molecule has 2 fully saturated rings. The van der Waals surface area contributed by atoms with Crippen LogP contribution in [0.25, 0.3) is 0 Å². The molecule has 162 valence electrons. The molecule has 1 aromatic heterocycles. The summed E-state index contributed by atoms with van der Waals surface area (Å²) < 4.78 is 16.9. The SMILES string of the molecule is COc1ccc(CN=C(NCCc2ccco2)NC2CCOC3(CCSC3)C2)cc1. The van der Waals surface area contributed by atoms with Crippen molar-refractivity contribution in [2.75, 3.05) is 31.8 Å². The van der Waals surface area contributed by atoms with Crippen LogP contribution in [0.3, 0.4) is 0 Å². The van der Waals surface area contributed by atoms with Gasteiger partial charge in [0.05, 0.1) is 25.5 Å². The summed E-state index contributed by atoms with van der Waals surface area (Å²) in [6.07, 6.45) is 5.74. The molecule has 1 aromatic carbocycles. The van der Waals surface area contributed by atoms with Crippen LogP contribution in [-0.4, -0.2) is 49.4 Å². The molecule has 0 amide bonds. The second-order valence-corrected chi connectivity index (χ2v) is 9.04. The van der Waals surface area contributed by atoms with Gasteiger partial charge in [0.15, 0.2) is 5.96 Å². The smallest absolute Gasteiger partial charge is 0.191 e. The first kappa shape index (κ1) is 21.1. The number of ether oxygens (including phenoxy) is 2. The Bertz CT molecular complexity index is 802. The van der Waals surface area contributed by atoms with E-state index in [4.69, 9.17) is 18.9 Å². The van der Waals surface area contributed by atoms with Crippen molar-refractivity contribution in [3.05, 3.63) is 54.0 Å². The molecule has 0 aliphatic carbocycles. The van der Waals surface area contributed by atoms with Crippen molar-refractivity contribution in [1.29, 1.82) is 0 Å². The average Bonchev–Trinajstić information content (AvgIpc) is 3.45. The van der Waals surface area contributed by atoms with Gasteiger partial charge in [0.25, 0.3) is 0 Å². The minimum Gasteiger partial charge on any atom is -0.497 e. The van der Waals surface area contributed by atoms with Crippen molar-refractivity contribution in [1.82, 2.24) is 10.6 Å². The molecular weight excluding hydrogens is 398 g/mol. The van der Waals surface area contributed by atoms with Gasteiger partial charge in [-0.15, -0.1) is 0 Å². The number of aliphatic imine (C=N–C) groups is 1. The fraction of sp³-hybridized carbons (Fsp3) is 0.522. The molecule has 30 heavy (non-hydrogen) atoms. The maximum absolute atomic E-state index is 6.17. The van der Waals surface area contributed by atoms with Crippen molar-refractivity contribution in [3.8, 4) is 5.75 Å². The second-order valence-electron chi connectivity index (χ2n) is 7.94. The minimum atomic E-state index is 0.0514. The average molecular weight is 430 g/mol. The van der Waals surface area contributed by atoms with Crippen molar-refractivity contribution in [2.24, 2.45) is 4.99 Å². The molecule has 2 N–H and O–H groups in total. The fourth-order valence-corrected chi connectivity index (χ4v) is 5.40. The lowest BCUT2D eigenvalue weighted by Gasteiger charge is -2.38. The van der Waals surface area contributed by atoms with Crippen molar-refractivity contribution in [2.45, 2.75) is 43.9 Å². The number of furan rings is 1. The standard InChI is InChI=1S/C23H31N3O3S/c1-27-20-6-4-18(5-7-20)16-25-22(24-11-8-21-3-2-12-28-21)26-19-9-13-29-23(15-19)10-14-30-17-23/h2-7,12,19H,8-11,13-17H2,1H3,(H2,24,25,26). The highest BCUT2D eigenvalue weighted by molar-refractivity contribution is 7.99. The topological polar surface area (TPSA) is 68.0 Å². The van der Waals surface area contributed by atoms with E-state index >= 15 is 0 Å². The number of nitrogens with one attached hydrogen (secondary N) is 2. The quantitative estimate of drug-likeness (QED) is 0.518. The molecule has 0 saturated carbocycles. The number of thioether (sulfide) groups is 1. The Labute approximate surface area is 182 Å². The summed E-state index contributed by atoms with van der Waals surface area (Å²) in [5.41, 5.74) is 1.20. The van der Waals surface area contributed by atoms with Gasteiger partial charge in [-0.25, -0.2) is 4.99 Å². The minimum absolute atomic E-state index is 0.0514. The normalized spacial score (nSPS) is 24.2. The highest BCUT2D eigenvalue weighted by atomic mass is 32.2. The Balaban J connectivity index is 1.38. The Kier molecular flexibility index (Phi) is 7.23. The van der Waals surface area contributed by atoms with Crippen LogP contribution in [0.1, 0.15) is 30.6 Å². The van der Waals surface area contributed by atoms with Gasteiger partial charge in [-0.2, -0.15) is 11.8 Å². The molecular formula is C23H31N3O3S. The van der Waals surface area contributed by atoms with Crippen LogP contribution in [0.4, 0.5) is 0 Å². The van der Waals surface area contributed by atoms with E-state index in [1.165, 1.54) is 5.75 Å². The summed E-state index contributed by atoms with van der Waals surface area (Å²) in [6, 6.07) is 12.4. The van der Waals surface area contributed by atoms with Gasteiger partial charge in [-0.3, -0.25) is 0 Å². The fourth-order valence-electron chi connectivity index (χ4n) is 4.02. The molecule has 2 aliphatic heterocycles. The summed E-state index contributed by atoms with van der Waals surface area (Å²) >= 11 is 2.00. The summed E-state index contributed by atoms with van der Waals surface area (Å²) in [7, 11) is 1.68. The summed E-state index contributed by atoms with van der Waals surface area (Å²) in [4.78, 5) is 4.85. The molecule has 0 bridgehead atoms. The van der Waals surface area contributed by atoms with E-state index in [-0.39, 0.29) is 5.60 Å². The maximum atomic E-state index is 6.17. The van der Waals surface area contributed by atoms with Gasteiger partial charge in [0.2, 0.25) is 0 Å². The number of hydrogen-bond donors (Lipinski definition) is 2. The van der Waals surface area contributed by atoms with E-state index in [0.717, 1.165) is 67.6 Å². The zero-order valence-corrected chi connectivity index (χ0v) is 18.4. The lowest BCUT2D eigenvalue weighted by atomic mass is 9.90. The maximum Gasteiger partial charge on any atom is 0.191 e. The molecule has 6 nitrogen and oxygen atoms in total. The van der Waals surface area contributed by atoms with Gasteiger partial charge >= 0.3 is 0 Å². The van der Waals surface area contributed by atoms with E-state index in [2.05, 4.69) is 22.8 Å².